The van der Waals surface area contributed by atoms with E-state index in [1.807, 2.05) is 31.2 Å². The lowest BCUT2D eigenvalue weighted by atomic mass is 9.65. The molecule has 1 spiro atoms. The minimum atomic E-state index is -1.22. The van der Waals surface area contributed by atoms with Gasteiger partial charge in [-0.3, -0.25) is 14.4 Å². The number of para-hydroxylation sites is 1. The summed E-state index contributed by atoms with van der Waals surface area (Å²) in [5, 5.41) is 18.6. The van der Waals surface area contributed by atoms with Crippen molar-refractivity contribution < 1.29 is 29.0 Å². The first-order valence-electron chi connectivity index (χ1n) is 14.4. The van der Waals surface area contributed by atoms with Gasteiger partial charge in [-0.25, -0.2) is 4.68 Å². The van der Waals surface area contributed by atoms with Crippen molar-refractivity contribution in [2.24, 2.45) is 11.8 Å². The zero-order valence-electron chi connectivity index (χ0n) is 23.8. The van der Waals surface area contributed by atoms with E-state index in [-0.39, 0.29) is 38.2 Å². The van der Waals surface area contributed by atoms with Crippen molar-refractivity contribution in [2.75, 3.05) is 19.8 Å². The molecule has 3 aliphatic rings. The Balaban J connectivity index is 1.52. The Bertz CT molecular complexity index is 1340. The number of aromatic nitrogens is 3. The van der Waals surface area contributed by atoms with Crippen LogP contribution in [0.5, 0.6) is 0 Å². The third kappa shape index (κ3) is 4.55. The molecule has 1 N–H and O–H groups in total. The highest BCUT2D eigenvalue weighted by Crippen LogP contribution is 2.64. The number of carbonyl (C=O) groups excluding carboxylic acids is 3. The second-order valence-electron chi connectivity index (χ2n) is 11.3. The summed E-state index contributed by atoms with van der Waals surface area (Å²) in [5.41, 5.74) is -0.659. The summed E-state index contributed by atoms with van der Waals surface area (Å²) in [6.07, 6.45) is 6.19. The molecule has 3 saturated heterocycles. The van der Waals surface area contributed by atoms with Crippen LogP contribution in [0, 0.1) is 11.8 Å². The molecule has 3 aliphatic heterocycles. The van der Waals surface area contributed by atoms with Crippen molar-refractivity contribution in [3.05, 3.63) is 49.6 Å². The first-order valence-corrected chi connectivity index (χ1v) is 14.4. The van der Waals surface area contributed by atoms with E-state index in [2.05, 4.69) is 23.5 Å². The van der Waals surface area contributed by atoms with E-state index >= 15 is 0 Å². The monoisotopic (exact) mass is 565 g/mol. The molecule has 3 fully saturated rings. The third-order valence-electron chi connectivity index (χ3n) is 9.03. The number of likely N-dealkylation sites (tertiary alicyclic amines) is 1. The number of benzene rings is 1. The summed E-state index contributed by atoms with van der Waals surface area (Å²) >= 11 is 0. The highest BCUT2D eigenvalue weighted by atomic mass is 16.6. The number of amides is 2. The van der Waals surface area contributed by atoms with E-state index in [0.717, 1.165) is 5.52 Å². The lowest BCUT2D eigenvalue weighted by Crippen LogP contribution is -2.58. The molecule has 0 aliphatic carbocycles. The fourth-order valence-corrected chi connectivity index (χ4v) is 7.08. The summed E-state index contributed by atoms with van der Waals surface area (Å²) < 4.78 is 14.1. The second kappa shape index (κ2) is 11.4. The van der Waals surface area contributed by atoms with E-state index < -0.39 is 41.1 Å². The molecule has 6 atom stereocenters. The molecule has 11 nitrogen and oxygen atoms in total. The average molecular weight is 566 g/mol. The number of aliphatic hydroxyl groups is 1. The van der Waals surface area contributed by atoms with E-state index in [1.165, 1.54) is 4.90 Å². The second-order valence-corrected chi connectivity index (χ2v) is 11.3. The van der Waals surface area contributed by atoms with Gasteiger partial charge in [-0.2, -0.15) is 0 Å². The van der Waals surface area contributed by atoms with E-state index in [9.17, 15) is 19.5 Å². The maximum absolute atomic E-state index is 14.5. The number of unbranched alkanes of at least 4 members (excludes halogenated alkanes) is 1. The van der Waals surface area contributed by atoms with Crippen LogP contribution in [0.1, 0.15) is 46.0 Å². The molecule has 2 bridgehead atoms. The molecule has 2 amide bonds. The summed E-state index contributed by atoms with van der Waals surface area (Å²) in [6, 6.07) is 5.75. The van der Waals surface area contributed by atoms with Crippen LogP contribution < -0.4 is 0 Å². The Labute approximate surface area is 239 Å². The summed E-state index contributed by atoms with van der Waals surface area (Å²) in [7, 11) is 0. The molecular formula is C30H39N5O6. The van der Waals surface area contributed by atoms with Gasteiger partial charge < -0.3 is 24.4 Å². The van der Waals surface area contributed by atoms with E-state index in [1.54, 1.807) is 28.7 Å². The molecule has 4 heterocycles. The van der Waals surface area contributed by atoms with Gasteiger partial charge in [0.05, 0.1) is 36.3 Å². The quantitative estimate of drug-likeness (QED) is 0.223. The SMILES string of the molecule is C=CCCCOC(=O)[C@@H]1[C@H]2C(=O)N([C@H](C)CO)C(C(=O)N(CC=C)Cn3nnc4ccccc43)C23CC[C@@]1(CC)O3. The van der Waals surface area contributed by atoms with Crippen molar-refractivity contribution >= 4 is 28.8 Å². The molecule has 0 radical (unpaired) electrons. The number of fused-ring (bicyclic) bond motifs is 2. The standard InChI is InChI=1S/C30H39N5O6/c1-5-8-11-17-40-28(39)24-23-26(37)35(20(4)18-36)25(30(23)15-14-29(24,7-3)41-30)27(38)33(16-6-2)19-34-22-13-10-9-12-21(22)31-32-34/h5-6,9-10,12-13,20,23-25,36H,1-2,7-8,11,14-19H2,3-4H3/t20-,23+,24+,25?,29-,30?/m1/s1. The summed E-state index contributed by atoms with van der Waals surface area (Å²) in [5.74, 6) is -2.91. The van der Waals surface area contributed by atoms with Crippen LogP contribution >= 0.6 is 0 Å². The van der Waals surface area contributed by atoms with Crippen molar-refractivity contribution in [1.29, 1.82) is 0 Å². The van der Waals surface area contributed by atoms with Gasteiger partial charge in [0.15, 0.2) is 0 Å². The Morgan fingerprint density at radius 3 is 2.78 bits per heavy atom. The molecule has 5 rings (SSSR count). The lowest BCUT2D eigenvalue weighted by molar-refractivity contribution is -0.163. The van der Waals surface area contributed by atoms with Crippen molar-refractivity contribution in [3.8, 4) is 0 Å². The normalized spacial score (nSPS) is 29.0. The number of rotatable bonds is 13. The predicted octanol–water partition coefficient (Wildman–Crippen LogP) is 2.45. The van der Waals surface area contributed by atoms with Crippen LogP contribution in [-0.2, 0) is 30.5 Å². The molecule has 2 unspecified atom stereocenters. The summed E-state index contributed by atoms with van der Waals surface area (Å²) in [6.45, 7) is 11.3. The fraction of sp³-hybridized carbons (Fsp3) is 0.567. The smallest absolute Gasteiger partial charge is 0.312 e. The van der Waals surface area contributed by atoms with Gasteiger partial charge in [-0.05, 0) is 51.2 Å². The highest BCUT2D eigenvalue weighted by Gasteiger charge is 2.79. The Morgan fingerprint density at radius 2 is 2.07 bits per heavy atom. The van der Waals surface area contributed by atoms with Gasteiger partial charge in [0, 0.05) is 6.54 Å². The Hall–Kier alpha value is -3.57. The lowest BCUT2D eigenvalue weighted by Gasteiger charge is -2.38. The van der Waals surface area contributed by atoms with Crippen LogP contribution in [0.3, 0.4) is 0 Å². The fourth-order valence-electron chi connectivity index (χ4n) is 7.08. The number of hydrogen-bond donors (Lipinski definition) is 1. The van der Waals surface area contributed by atoms with Crippen molar-refractivity contribution in [3.63, 3.8) is 0 Å². The van der Waals surface area contributed by atoms with Gasteiger partial charge in [-0.15, -0.1) is 18.3 Å². The van der Waals surface area contributed by atoms with Crippen LogP contribution in [0.2, 0.25) is 0 Å². The molecule has 220 valence electrons. The molecular weight excluding hydrogens is 526 g/mol. The maximum atomic E-state index is 14.5. The van der Waals surface area contributed by atoms with E-state index in [0.29, 0.717) is 37.6 Å². The number of esters is 1. The minimum absolute atomic E-state index is 0.0752. The Kier molecular flexibility index (Phi) is 8.02. The number of nitrogens with zero attached hydrogens (tertiary/aromatic N) is 5. The maximum Gasteiger partial charge on any atom is 0.312 e. The average Bonchev–Trinajstić information content (AvgIpc) is 3.71. The number of aliphatic hydroxyl groups excluding tert-OH is 1. The molecule has 41 heavy (non-hydrogen) atoms. The third-order valence-corrected chi connectivity index (χ3v) is 9.03. The number of allylic oxidation sites excluding steroid dienone is 1. The van der Waals surface area contributed by atoms with Gasteiger partial charge in [0.25, 0.3) is 0 Å². The number of carbonyl (C=O) groups is 3. The molecule has 1 aromatic carbocycles. The predicted molar refractivity (Wildman–Crippen MR) is 150 cm³/mol. The van der Waals surface area contributed by atoms with Gasteiger partial charge in [-0.1, -0.05) is 36.4 Å². The largest absolute Gasteiger partial charge is 0.465 e. The van der Waals surface area contributed by atoms with Crippen LogP contribution in [0.25, 0.3) is 11.0 Å². The molecule has 0 saturated carbocycles. The first kappa shape index (κ1) is 28.9. The van der Waals surface area contributed by atoms with Crippen LogP contribution in [-0.4, -0.2) is 90.7 Å². The highest BCUT2D eigenvalue weighted by molar-refractivity contribution is 5.98. The van der Waals surface area contributed by atoms with Crippen molar-refractivity contribution in [1.82, 2.24) is 24.8 Å². The van der Waals surface area contributed by atoms with Crippen LogP contribution in [0.4, 0.5) is 0 Å². The Morgan fingerprint density at radius 1 is 1.29 bits per heavy atom. The van der Waals surface area contributed by atoms with Crippen molar-refractivity contribution in [2.45, 2.75) is 75.9 Å². The number of hydrogen-bond acceptors (Lipinski definition) is 8. The summed E-state index contributed by atoms with van der Waals surface area (Å²) in [4.78, 5) is 45.3. The van der Waals surface area contributed by atoms with Gasteiger partial charge >= 0.3 is 5.97 Å². The first-order chi connectivity index (χ1) is 19.8. The van der Waals surface area contributed by atoms with E-state index in [4.69, 9.17) is 9.47 Å². The minimum Gasteiger partial charge on any atom is -0.465 e. The topological polar surface area (TPSA) is 127 Å². The van der Waals surface area contributed by atoms with Crippen LogP contribution in [0.15, 0.2) is 49.6 Å². The zero-order chi connectivity index (χ0) is 29.4. The zero-order valence-corrected chi connectivity index (χ0v) is 23.8. The van der Waals surface area contributed by atoms with Gasteiger partial charge in [0.2, 0.25) is 11.8 Å². The molecule has 1 aromatic heterocycles. The molecule has 2 aromatic rings. The van der Waals surface area contributed by atoms with Gasteiger partial charge in [0.1, 0.15) is 29.7 Å². The number of ether oxygens (including phenoxy) is 2. The molecule has 11 heteroatoms.